The third kappa shape index (κ3) is 4.55. The van der Waals surface area contributed by atoms with Crippen LogP contribution in [0.4, 0.5) is 5.69 Å². The van der Waals surface area contributed by atoms with Gasteiger partial charge in [0.15, 0.2) is 11.5 Å². The summed E-state index contributed by atoms with van der Waals surface area (Å²) in [6.45, 7) is 3.35. The number of carbonyl (C=O) groups excluding carboxylic acids is 2. The summed E-state index contributed by atoms with van der Waals surface area (Å²) in [7, 11) is 1.57. The van der Waals surface area contributed by atoms with Crippen molar-refractivity contribution in [2.75, 3.05) is 25.5 Å². The highest BCUT2D eigenvalue weighted by atomic mass is 16.5. The summed E-state index contributed by atoms with van der Waals surface area (Å²) in [6, 6.07) is 8.97. The maximum Gasteiger partial charge on any atom is 0.229 e. The number of amides is 2. The summed E-state index contributed by atoms with van der Waals surface area (Å²) in [6.07, 6.45) is 3.66. The van der Waals surface area contributed by atoms with Gasteiger partial charge in [-0.2, -0.15) is 0 Å². The van der Waals surface area contributed by atoms with Crippen LogP contribution in [0.3, 0.4) is 0 Å². The SMILES string of the molecule is CCN1CC(C(=O)Nc2ccc(OC)c(OCc3ccncc3)c2)CC1=O. The molecule has 2 heterocycles. The van der Waals surface area contributed by atoms with Crippen molar-refractivity contribution >= 4 is 17.5 Å². The number of carbonyl (C=O) groups is 2. The van der Waals surface area contributed by atoms with Gasteiger partial charge in [0.1, 0.15) is 6.61 Å². The molecule has 1 saturated heterocycles. The van der Waals surface area contributed by atoms with E-state index in [1.54, 1.807) is 42.6 Å². The molecule has 1 N–H and O–H groups in total. The lowest BCUT2D eigenvalue weighted by Gasteiger charge is -2.15. The number of ether oxygens (including phenoxy) is 2. The number of hydrogen-bond donors (Lipinski definition) is 1. The van der Waals surface area contributed by atoms with E-state index < -0.39 is 0 Å². The van der Waals surface area contributed by atoms with Gasteiger partial charge in [0.25, 0.3) is 0 Å². The first-order valence-electron chi connectivity index (χ1n) is 8.89. The van der Waals surface area contributed by atoms with Gasteiger partial charge >= 0.3 is 0 Å². The first-order chi connectivity index (χ1) is 13.1. The molecule has 1 aliphatic rings. The molecule has 1 unspecified atom stereocenters. The van der Waals surface area contributed by atoms with Crippen LogP contribution < -0.4 is 14.8 Å². The second-order valence-electron chi connectivity index (χ2n) is 6.33. The number of nitrogens with zero attached hydrogens (tertiary/aromatic N) is 2. The molecule has 1 fully saturated rings. The molecule has 27 heavy (non-hydrogen) atoms. The zero-order valence-corrected chi connectivity index (χ0v) is 15.5. The normalized spacial score (nSPS) is 16.3. The van der Waals surface area contributed by atoms with E-state index in [1.807, 2.05) is 19.1 Å². The number of aromatic nitrogens is 1. The van der Waals surface area contributed by atoms with Crippen molar-refractivity contribution in [1.29, 1.82) is 0 Å². The number of methoxy groups -OCH3 is 1. The van der Waals surface area contributed by atoms with Gasteiger partial charge < -0.3 is 19.7 Å². The average Bonchev–Trinajstić information content (AvgIpc) is 3.08. The highest BCUT2D eigenvalue weighted by Crippen LogP contribution is 2.31. The molecule has 1 aromatic heterocycles. The highest BCUT2D eigenvalue weighted by molar-refractivity contribution is 5.97. The smallest absolute Gasteiger partial charge is 0.229 e. The van der Waals surface area contributed by atoms with Gasteiger partial charge in [-0.25, -0.2) is 0 Å². The summed E-state index contributed by atoms with van der Waals surface area (Å²) in [5.74, 6) is 0.638. The van der Waals surface area contributed by atoms with E-state index in [-0.39, 0.29) is 24.2 Å². The fourth-order valence-electron chi connectivity index (χ4n) is 3.01. The van der Waals surface area contributed by atoms with Gasteiger partial charge in [-0.05, 0) is 36.8 Å². The van der Waals surface area contributed by atoms with Crippen molar-refractivity contribution in [2.45, 2.75) is 20.0 Å². The monoisotopic (exact) mass is 369 g/mol. The summed E-state index contributed by atoms with van der Waals surface area (Å²) in [4.78, 5) is 30.0. The Kier molecular flexibility index (Phi) is 5.90. The molecule has 142 valence electrons. The quantitative estimate of drug-likeness (QED) is 0.811. The Morgan fingerprint density at radius 1 is 1.26 bits per heavy atom. The van der Waals surface area contributed by atoms with Gasteiger partial charge in [-0.15, -0.1) is 0 Å². The molecule has 7 nitrogen and oxygen atoms in total. The van der Waals surface area contributed by atoms with Crippen molar-refractivity contribution < 1.29 is 19.1 Å². The number of likely N-dealkylation sites (tertiary alicyclic amines) is 1. The van der Waals surface area contributed by atoms with Crippen molar-refractivity contribution in [3.63, 3.8) is 0 Å². The van der Waals surface area contributed by atoms with Crippen LogP contribution in [-0.2, 0) is 16.2 Å². The molecule has 0 spiro atoms. The third-order valence-electron chi connectivity index (χ3n) is 4.54. The van der Waals surface area contributed by atoms with E-state index in [0.29, 0.717) is 36.9 Å². The molecule has 0 saturated carbocycles. The Labute approximate surface area is 158 Å². The van der Waals surface area contributed by atoms with Crippen LogP contribution in [0.2, 0.25) is 0 Å². The molecule has 0 bridgehead atoms. The second kappa shape index (κ2) is 8.53. The van der Waals surface area contributed by atoms with Gasteiger partial charge in [0.2, 0.25) is 11.8 Å². The van der Waals surface area contributed by atoms with Crippen LogP contribution in [0.5, 0.6) is 11.5 Å². The number of benzene rings is 1. The van der Waals surface area contributed by atoms with Gasteiger partial charge in [0, 0.05) is 43.7 Å². The van der Waals surface area contributed by atoms with E-state index in [9.17, 15) is 9.59 Å². The van der Waals surface area contributed by atoms with E-state index >= 15 is 0 Å². The molecule has 0 radical (unpaired) electrons. The minimum Gasteiger partial charge on any atom is -0.493 e. The summed E-state index contributed by atoms with van der Waals surface area (Å²) < 4.78 is 11.2. The molecular formula is C20H23N3O4. The Morgan fingerprint density at radius 3 is 2.70 bits per heavy atom. The Balaban J connectivity index is 1.67. The van der Waals surface area contributed by atoms with Gasteiger partial charge in [-0.1, -0.05) is 0 Å². The lowest BCUT2D eigenvalue weighted by atomic mass is 10.1. The fourth-order valence-corrected chi connectivity index (χ4v) is 3.01. The topological polar surface area (TPSA) is 80.8 Å². The van der Waals surface area contributed by atoms with Crippen LogP contribution in [0.15, 0.2) is 42.7 Å². The largest absolute Gasteiger partial charge is 0.493 e. The maximum atomic E-state index is 12.5. The number of nitrogens with one attached hydrogen (secondary N) is 1. The fraction of sp³-hybridized carbons (Fsp3) is 0.350. The molecule has 1 aromatic carbocycles. The Hall–Kier alpha value is -3.09. The molecule has 2 amide bonds. The van der Waals surface area contributed by atoms with E-state index in [4.69, 9.17) is 9.47 Å². The zero-order valence-electron chi connectivity index (χ0n) is 15.5. The standard InChI is InChI=1S/C20H23N3O4/c1-3-23-12-15(10-19(23)24)20(25)22-16-4-5-17(26-2)18(11-16)27-13-14-6-8-21-9-7-14/h4-9,11,15H,3,10,12-13H2,1-2H3,(H,22,25). The van der Waals surface area contributed by atoms with Crippen molar-refractivity contribution in [1.82, 2.24) is 9.88 Å². The number of anilines is 1. The van der Waals surface area contributed by atoms with Crippen LogP contribution in [-0.4, -0.2) is 41.9 Å². The Morgan fingerprint density at radius 2 is 2.04 bits per heavy atom. The molecule has 0 aliphatic carbocycles. The van der Waals surface area contributed by atoms with Crippen LogP contribution in [0.25, 0.3) is 0 Å². The van der Waals surface area contributed by atoms with Crippen molar-refractivity contribution in [3.8, 4) is 11.5 Å². The van der Waals surface area contributed by atoms with Gasteiger partial charge in [-0.3, -0.25) is 14.6 Å². The van der Waals surface area contributed by atoms with Crippen LogP contribution in [0, 0.1) is 5.92 Å². The van der Waals surface area contributed by atoms with Gasteiger partial charge in [0.05, 0.1) is 13.0 Å². The summed E-state index contributed by atoms with van der Waals surface area (Å²) >= 11 is 0. The lowest BCUT2D eigenvalue weighted by molar-refractivity contribution is -0.128. The molecule has 3 rings (SSSR count). The maximum absolute atomic E-state index is 12.5. The predicted octanol–water partition coefficient (Wildman–Crippen LogP) is 2.48. The zero-order chi connectivity index (χ0) is 19.2. The lowest BCUT2D eigenvalue weighted by Crippen LogP contribution is -2.28. The first-order valence-corrected chi connectivity index (χ1v) is 8.89. The minimum absolute atomic E-state index is 0.0220. The van der Waals surface area contributed by atoms with E-state index in [2.05, 4.69) is 10.3 Å². The molecule has 1 atom stereocenters. The molecular weight excluding hydrogens is 346 g/mol. The van der Waals surface area contributed by atoms with Crippen molar-refractivity contribution in [3.05, 3.63) is 48.3 Å². The molecule has 1 aliphatic heterocycles. The average molecular weight is 369 g/mol. The molecule has 2 aromatic rings. The number of hydrogen-bond acceptors (Lipinski definition) is 5. The van der Waals surface area contributed by atoms with Crippen molar-refractivity contribution in [2.24, 2.45) is 5.92 Å². The number of pyridine rings is 1. The van der Waals surface area contributed by atoms with Crippen LogP contribution in [0.1, 0.15) is 18.9 Å². The second-order valence-corrected chi connectivity index (χ2v) is 6.33. The third-order valence-corrected chi connectivity index (χ3v) is 4.54. The van der Waals surface area contributed by atoms with E-state index in [0.717, 1.165) is 5.56 Å². The minimum atomic E-state index is -0.333. The summed E-state index contributed by atoms with van der Waals surface area (Å²) in [5.41, 5.74) is 1.58. The predicted molar refractivity (Wildman–Crippen MR) is 101 cm³/mol. The van der Waals surface area contributed by atoms with E-state index in [1.165, 1.54) is 0 Å². The number of rotatable bonds is 7. The first kappa shape index (κ1) is 18.7. The van der Waals surface area contributed by atoms with Crippen LogP contribution >= 0.6 is 0 Å². The summed E-state index contributed by atoms with van der Waals surface area (Å²) in [5, 5.41) is 2.88. The molecule has 7 heteroatoms. The highest BCUT2D eigenvalue weighted by Gasteiger charge is 2.33. The Bertz CT molecular complexity index is 810.